The van der Waals surface area contributed by atoms with E-state index in [9.17, 15) is 12.3 Å². The number of benzene rings is 3. The average Bonchev–Trinajstić information content (AvgIpc) is 3.62. The van der Waals surface area contributed by atoms with Crippen LogP contribution in [0.3, 0.4) is 0 Å². The summed E-state index contributed by atoms with van der Waals surface area (Å²) < 4.78 is 65.7. The Hall–Kier alpha value is -4.17. The maximum absolute atomic E-state index is 16.8. The van der Waals surface area contributed by atoms with E-state index in [0.29, 0.717) is 65.3 Å². The van der Waals surface area contributed by atoms with E-state index >= 15 is 4.39 Å². The molecule has 2 aromatic heterocycles. The highest BCUT2D eigenvalue weighted by Crippen LogP contribution is 2.38. The number of piperazine rings is 1. The standard InChI is InChI=1S/C35H33ClF2N6O4S/c1-43-14-13-29(48-23-7-4-8-24(15-23)49(38,45)46)28(43)19-47-35-41-33-26(34(42-35)44-17-21-11-12-22(18-44)40-21)16-39-32(31(33)37)25-9-2-5-20-6-3-10-27(36)30(20)25/h2-10,15-16,21-22,28-29,40H,11-14,17-19H2,1H3/t21-,22+,28-,29+/m1/s1. The molecular formula is C35H33ClF2N6O4S. The van der Waals surface area contributed by atoms with E-state index in [1.54, 1.807) is 24.4 Å². The largest absolute Gasteiger partial charge is 0.489 e. The van der Waals surface area contributed by atoms with E-state index in [0.717, 1.165) is 18.2 Å². The summed E-state index contributed by atoms with van der Waals surface area (Å²) >= 11 is 6.61. The zero-order valence-electron chi connectivity index (χ0n) is 26.5. The fourth-order valence-electron chi connectivity index (χ4n) is 7.36. The Labute approximate surface area is 287 Å². The Balaban J connectivity index is 1.15. The number of nitrogens with zero attached hydrogens (tertiary/aromatic N) is 5. The Morgan fingerprint density at radius 3 is 2.55 bits per heavy atom. The second-order valence-electron chi connectivity index (χ2n) is 12.9. The number of rotatable bonds is 8. The number of hydrogen-bond acceptors (Lipinski definition) is 10. The van der Waals surface area contributed by atoms with Crippen molar-refractivity contribution < 1.29 is 26.2 Å². The van der Waals surface area contributed by atoms with Crippen molar-refractivity contribution in [2.45, 2.75) is 48.4 Å². The summed E-state index contributed by atoms with van der Waals surface area (Å²) in [5, 5.41) is 6.18. The third-order valence-electron chi connectivity index (χ3n) is 9.79. The van der Waals surface area contributed by atoms with Crippen molar-refractivity contribution in [3.8, 4) is 23.0 Å². The van der Waals surface area contributed by atoms with Gasteiger partial charge in [-0.3, -0.25) is 9.88 Å². The van der Waals surface area contributed by atoms with Crippen molar-refractivity contribution >= 4 is 49.3 Å². The van der Waals surface area contributed by atoms with Gasteiger partial charge < -0.3 is 19.7 Å². The quantitative estimate of drug-likeness (QED) is 0.200. The predicted octanol–water partition coefficient (Wildman–Crippen LogP) is 5.77. The Kier molecular flexibility index (Phi) is 8.25. The van der Waals surface area contributed by atoms with Crippen LogP contribution in [0.5, 0.6) is 11.8 Å². The van der Waals surface area contributed by atoms with Gasteiger partial charge in [-0.25, -0.2) is 4.39 Å². The SMILES string of the molecule is CN1CC[C@H](Oc2cccc(S(=O)(=O)F)c2)[C@H]1COc1nc(N2C[C@H]3CC[C@@H](C2)N3)c2cnc(-c3cccc4cccc(Cl)c34)c(F)c2n1. The van der Waals surface area contributed by atoms with E-state index < -0.39 is 27.0 Å². The average molecular weight is 707 g/mol. The highest BCUT2D eigenvalue weighted by atomic mass is 35.5. The molecule has 254 valence electrons. The number of likely N-dealkylation sites (tertiary alicyclic amines) is 1. The molecule has 0 aliphatic carbocycles. The maximum Gasteiger partial charge on any atom is 0.332 e. The van der Waals surface area contributed by atoms with Gasteiger partial charge in [0, 0.05) is 60.0 Å². The zero-order chi connectivity index (χ0) is 33.9. The summed E-state index contributed by atoms with van der Waals surface area (Å²) in [5.74, 6) is 0.194. The van der Waals surface area contributed by atoms with Gasteiger partial charge in [-0.1, -0.05) is 48.0 Å². The fraction of sp³-hybridized carbons (Fsp3) is 0.343. The third kappa shape index (κ3) is 6.13. The van der Waals surface area contributed by atoms with Crippen molar-refractivity contribution in [3.63, 3.8) is 0 Å². The van der Waals surface area contributed by atoms with Gasteiger partial charge in [0.2, 0.25) is 0 Å². The summed E-state index contributed by atoms with van der Waals surface area (Å²) in [5.41, 5.74) is 0.781. The minimum Gasteiger partial charge on any atom is -0.489 e. The molecule has 14 heteroatoms. The van der Waals surface area contributed by atoms with E-state index in [2.05, 4.69) is 25.1 Å². The fourth-order valence-corrected chi connectivity index (χ4v) is 8.14. The lowest BCUT2D eigenvalue weighted by Gasteiger charge is -2.34. The first-order valence-corrected chi connectivity index (χ1v) is 18.0. The number of anilines is 1. The second-order valence-corrected chi connectivity index (χ2v) is 14.7. The van der Waals surface area contributed by atoms with Crippen LogP contribution in [0.2, 0.25) is 5.02 Å². The molecule has 2 bridgehead atoms. The molecule has 10 nitrogen and oxygen atoms in total. The predicted molar refractivity (Wildman–Crippen MR) is 183 cm³/mol. The van der Waals surface area contributed by atoms with Gasteiger partial charge in [0.1, 0.15) is 40.4 Å². The number of aromatic nitrogens is 3. The molecule has 5 heterocycles. The number of halogens is 3. The summed E-state index contributed by atoms with van der Waals surface area (Å²) in [4.78, 5) is 17.8. The van der Waals surface area contributed by atoms with Crippen molar-refractivity contribution in [2.75, 3.05) is 38.2 Å². The molecule has 0 amide bonds. The molecule has 5 aromatic rings. The summed E-state index contributed by atoms with van der Waals surface area (Å²) in [6.07, 6.45) is 3.98. The van der Waals surface area contributed by atoms with Gasteiger partial charge in [0.05, 0.1) is 11.4 Å². The molecule has 0 spiro atoms. The van der Waals surface area contributed by atoms with E-state index in [4.69, 9.17) is 26.1 Å². The molecule has 1 N–H and O–H groups in total. The first kappa shape index (κ1) is 32.1. The zero-order valence-corrected chi connectivity index (χ0v) is 28.1. The molecule has 3 fully saturated rings. The van der Waals surface area contributed by atoms with E-state index in [-0.39, 0.29) is 35.6 Å². The number of ether oxygens (including phenoxy) is 2. The normalized spacial score (nSPS) is 22.7. The number of likely N-dealkylation sites (N-methyl/N-ethyl adjacent to an activating group) is 1. The van der Waals surface area contributed by atoms with E-state index in [1.165, 1.54) is 18.2 Å². The minimum absolute atomic E-state index is 0.0185. The molecule has 4 atom stereocenters. The van der Waals surface area contributed by atoms with Gasteiger partial charge in [-0.2, -0.15) is 18.4 Å². The second kappa shape index (κ2) is 12.6. The van der Waals surface area contributed by atoms with Crippen LogP contribution in [0.4, 0.5) is 14.1 Å². The topological polar surface area (TPSA) is 110 Å². The van der Waals surface area contributed by atoms with Crippen LogP contribution >= 0.6 is 11.6 Å². The van der Waals surface area contributed by atoms with Crippen LogP contribution in [-0.2, 0) is 10.2 Å². The lowest BCUT2D eigenvalue weighted by molar-refractivity contribution is 0.102. The molecule has 8 rings (SSSR count). The molecule has 3 aliphatic rings. The lowest BCUT2D eigenvalue weighted by atomic mass is 10.0. The smallest absolute Gasteiger partial charge is 0.332 e. The van der Waals surface area contributed by atoms with Crippen LogP contribution in [0.25, 0.3) is 32.9 Å². The van der Waals surface area contributed by atoms with Gasteiger partial charge in [-0.15, -0.1) is 3.89 Å². The van der Waals surface area contributed by atoms with Gasteiger partial charge in [-0.05, 0) is 49.9 Å². The Morgan fingerprint density at radius 2 is 1.78 bits per heavy atom. The highest BCUT2D eigenvalue weighted by molar-refractivity contribution is 7.86. The third-order valence-corrected chi connectivity index (χ3v) is 10.9. The number of nitrogens with one attached hydrogen (secondary N) is 1. The van der Waals surface area contributed by atoms with Crippen molar-refractivity contribution in [1.29, 1.82) is 0 Å². The lowest BCUT2D eigenvalue weighted by Crippen LogP contribution is -2.51. The summed E-state index contributed by atoms with van der Waals surface area (Å²) in [6, 6.07) is 16.8. The van der Waals surface area contributed by atoms with Crippen molar-refractivity contribution in [1.82, 2.24) is 25.2 Å². The number of pyridine rings is 1. The molecular weight excluding hydrogens is 674 g/mol. The molecule has 49 heavy (non-hydrogen) atoms. The van der Waals surface area contributed by atoms with Crippen molar-refractivity contribution in [2.24, 2.45) is 0 Å². The van der Waals surface area contributed by atoms with Crippen LogP contribution in [0, 0.1) is 5.82 Å². The first-order chi connectivity index (χ1) is 23.6. The number of fused-ring (bicyclic) bond motifs is 4. The minimum atomic E-state index is -4.88. The Morgan fingerprint density at radius 1 is 1.02 bits per heavy atom. The van der Waals surface area contributed by atoms with E-state index in [1.807, 2.05) is 31.3 Å². The van der Waals surface area contributed by atoms with Crippen molar-refractivity contribution in [3.05, 3.63) is 77.7 Å². The first-order valence-electron chi connectivity index (χ1n) is 16.2. The van der Waals surface area contributed by atoms with Gasteiger partial charge in [0.25, 0.3) is 0 Å². The highest BCUT2D eigenvalue weighted by Gasteiger charge is 2.36. The Bertz CT molecular complexity index is 2180. The van der Waals surface area contributed by atoms with Gasteiger partial charge in [0.15, 0.2) is 5.82 Å². The van der Waals surface area contributed by atoms with Crippen LogP contribution in [0.15, 0.2) is 71.8 Å². The molecule has 3 aliphatic heterocycles. The van der Waals surface area contributed by atoms with Crippen LogP contribution < -0.4 is 19.7 Å². The molecule has 0 saturated carbocycles. The molecule has 3 saturated heterocycles. The van der Waals surface area contributed by atoms with Crippen LogP contribution in [0.1, 0.15) is 19.3 Å². The monoisotopic (exact) mass is 706 g/mol. The molecule has 0 unspecified atom stereocenters. The number of hydrogen-bond donors (Lipinski definition) is 1. The molecule has 3 aromatic carbocycles. The molecule has 0 radical (unpaired) electrons. The van der Waals surface area contributed by atoms with Crippen LogP contribution in [-0.4, -0.2) is 85.8 Å². The summed E-state index contributed by atoms with van der Waals surface area (Å²) in [7, 11) is -2.96. The maximum atomic E-state index is 16.8. The summed E-state index contributed by atoms with van der Waals surface area (Å²) in [6.45, 7) is 2.21. The van der Waals surface area contributed by atoms with Gasteiger partial charge >= 0.3 is 16.2 Å².